The molecule has 0 aromatic carbocycles. The molecule has 84 valence electrons. The highest BCUT2D eigenvalue weighted by atomic mass is 16.4. The summed E-state index contributed by atoms with van der Waals surface area (Å²) < 4.78 is 1.61. The molecule has 0 saturated carbocycles. The fraction of sp³-hybridized carbons (Fsp3) is 0. The van der Waals surface area contributed by atoms with E-state index in [0.717, 1.165) is 5.56 Å². The van der Waals surface area contributed by atoms with Crippen molar-refractivity contribution >= 4 is 11.6 Å². The molecular weight excluding hydrogens is 220 g/mol. The second-order valence-electron chi connectivity index (χ2n) is 3.53. The van der Waals surface area contributed by atoms with Crippen molar-refractivity contribution < 1.29 is 9.90 Å². The van der Waals surface area contributed by atoms with E-state index in [1.165, 1.54) is 6.07 Å². The van der Waals surface area contributed by atoms with Crippen LogP contribution in [0.25, 0.3) is 16.9 Å². The predicted molar refractivity (Wildman–Crippen MR) is 59.7 cm³/mol. The molecule has 0 aliphatic rings. The van der Waals surface area contributed by atoms with Gasteiger partial charge >= 0.3 is 5.97 Å². The molecule has 2 N–H and O–H groups in total. The third-order valence-electron chi connectivity index (χ3n) is 2.47. The van der Waals surface area contributed by atoms with Crippen LogP contribution in [0.3, 0.4) is 0 Å². The lowest BCUT2D eigenvalue weighted by atomic mass is 10.2. The average molecular weight is 228 g/mol. The number of fused-ring (bicyclic) bond motifs is 1. The van der Waals surface area contributed by atoms with Crippen molar-refractivity contribution in [2.24, 2.45) is 0 Å². The molecule has 0 saturated heterocycles. The topological polar surface area (TPSA) is 83.3 Å². The number of carboxylic acid groups (broad SMARTS) is 1. The molecule has 3 aromatic rings. The van der Waals surface area contributed by atoms with Crippen LogP contribution in [-0.4, -0.2) is 30.7 Å². The number of carbonyl (C=O) groups is 1. The van der Waals surface area contributed by atoms with Crippen LogP contribution in [0.15, 0.2) is 36.8 Å². The summed E-state index contributed by atoms with van der Waals surface area (Å²) in [5.74, 6) is -1.05. The Morgan fingerprint density at radius 3 is 3.00 bits per heavy atom. The van der Waals surface area contributed by atoms with Gasteiger partial charge in [0.05, 0.1) is 11.9 Å². The lowest BCUT2D eigenvalue weighted by Gasteiger charge is -2.03. The van der Waals surface area contributed by atoms with Crippen molar-refractivity contribution in [3.8, 4) is 11.3 Å². The van der Waals surface area contributed by atoms with Gasteiger partial charge < -0.3 is 10.1 Å². The van der Waals surface area contributed by atoms with E-state index < -0.39 is 5.97 Å². The fourth-order valence-electron chi connectivity index (χ4n) is 1.71. The van der Waals surface area contributed by atoms with Crippen molar-refractivity contribution in [1.29, 1.82) is 0 Å². The van der Waals surface area contributed by atoms with Gasteiger partial charge in [0, 0.05) is 24.0 Å². The lowest BCUT2D eigenvalue weighted by molar-refractivity contribution is 0.0690. The molecule has 0 unspecified atom stereocenters. The Morgan fingerprint density at radius 1 is 1.41 bits per heavy atom. The molecule has 0 aliphatic carbocycles. The highest BCUT2D eigenvalue weighted by Crippen LogP contribution is 2.20. The van der Waals surface area contributed by atoms with E-state index in [1.807, 2.05) is 6.07 Å². The van der Waals surface area contributed by atoms with Gasteiger partial charge in [-0.25, -0.2) is 14.3 Å². The van der Waals surface area contributed by atoms with Gasteiger partial charge in [0.25, 0.3) is 0 Å². The van der Waals surface area contributed by atoms with Crippen molar-refractivity contribution in [3.63, 3.8) is 0 Å². The summed E-state index contributed by atoms with van der Waals surface area (Å²) in [4.78, 5) is 17.9. The van der Waals surface area contributed by atoms with Gasteiger partial charge in [0.2, 0.25) is 0 Å². The maximum Gasteiger partial charge on any atom is 0.354 e. The summed E-state index contributed by atoms with van der Waals surface area (Å²) in [5.41, 5.74) is 2.08. The third kappa shape index (κ3) is 1.46. The molecule has 0 bridgehead atoms. The summed E-state index contributed by atoms with van der Waals surface area (Å²) >= 11 is 0. The first-order valence-corrected chi connectivity index (χ1v) is 4.97. The smallest absolute Gasteiger partial charge is 0.354 e. The molecule has 0 atom stereocenters. The Kier molecular flexibility index (Phi) is 1.94. The first kappa shape index (κ1) is 9.59. The van der Waals surface area contributed by atoms with Gasteiger partial charge in [-0.05, 0) is 12.1 Å². The van der Waals surface area contributed by atoms with Crippen LogP contribution in [0.4, 0.5) is 0 Å². The monoisotopic (exact) mass is 228 g/mol. The summed E-state index contributed by atoms with van der Waals surface area (Å²) in [6.07, 6.45) is 5.14. The van der Waals surface area contributed by atoms with Crippen LogP contribution in [0.5, 0.6) is 0 Å². The molecule has 0 radical (unpaired) electrons. The van der Waals surface area contributed by atoms with Gasteiger partial charge in [-0.2, -0.15) is 5.10 Å². The Balaban J connectivity index is 2.35. The zero-order valence-electron chi connectivity index (χ0n) is 8.66. The summed E-state index contributed by atoms with van der Waals surface area (Å²) in [6, 6.07) is 5.02. The van der Waals surface area contributed by atoms with Crippen LogP contribution in [0.1, 0.15) is 10.5 Å². The molecule has 0 fully saturated rings. The van der Waals surface area contributed by atoms with E-state index >= 15 is 0 Å². The Bertz CT molecular complexity index is 685. The molecule has 0 aliphatic heterocycles. The number of carboxylic acids is 1. The first-order valence-electron chi connectivity index (χ1n) is 4.97. The molecule has 3 heterocycles. The Morgan fingerprint density at radius 2 is 2.29 bits per heavy atom. The average Bonchev–Trinajstić information content (AvgIpc) is 2.98. The maximum atomic E-state index is 11.0. The molecule has 6 nitrogen and oxygen atoms in total. The summed E-state index contributed by atoms with van der Waals surface area (Å²) in [5, 5.41) is 13.1. The predicted octanol–water partition coefficient (Wildman–Crippen LogP) is 1.42. The summed E-state index contributed by atoms with van der Waals surface area (Å²) in [6.45, 7) is 0. The minimum atomic E-state index is -1.05. The SMILES string of the molecule is O=C(O)c1cc(-c2cc[nH]c2)n2nccc2n1. The Labute approximate surface area is 95.5 Å². The molecule has 3 aromatic heterocycles. The van der Waals surface area contributed by atoms with Crippen molar-refractivity contribution in [2.45, 2.75) is 0 Å². The largest absolute Gasteiger partial charge is 0.477 e. The van der Waals surface area contributed by atoms with Crippen LogP contribution in [0, 0.1) is 0 Å². The number of aromatic amines is 1. The standard InChI is InChI=1S/C11H8N4O2/c16-11(17)8-5-9(7-1-3-12-6-7)15-10(14-8)2-4-13-15/h1-6,12H,(H,16,17). The normalized spacial score (nSPS) is 10.8. The number of nitrogens with one attached hydrogen (secondary N) is 1. The highest BCUT2D eigenvalue weighted by molar-refractivity contribution is 5.87. The first-order chi connectivity index (χ1) is 8.25. The number of aromatic carboxylic acids is 1. The minimum absolute atomic E-state index is 0.00852. The lowest BCUT2D eigenvalue weighted by Crippen LogP contribution is -2.05. The van der Waals surface area contributed by atoms with Crippen molar-refractivity contribution in [3.05, 3.63) is 42.5 Å². The van der Waals surface area contributed by atoms with E-state index in [0.29, 0.717) is 11.3 Å². The summed E-state index contributed by atoms with van der Waals surface area (Å²) in [7, 11) is 0. The quantitative estimate of drug-likeness (QED) is 0.694. The second kappa shape index (κ2) is 3.44. The van der Waals surface area contributed by atoms with Crippen molar-refractivity contribution in [1.82, 2.24) is 19.6 Å². The van der Waals surface area contributed by atoms with E-state index in [-0.39, 0.29) is 5.69 Å². The minimum Gasteiger partial charge on any atom is -0.477 e. The maximum absolute atomic E-state index is 11.0. The molecule has 6 heteroatoms. The van der Waals surface area contributed by atoms with Gasteiger partial charge in [-0.1, -0.05) is 0 Å². The zero-order valence-corrected chi connectivity index (χ0v) is 8.66. The van der Waals surface area contributed by atoms with Gasteiger partial charge in [0.1, 0.15) is 0 Å². The zero-order chi connectivity index (χ0) is 11.8. The van der Waals surface area contributed by atoms with Crippen LogP contribution < -0.4 is 0 Å². The third-order valence-corrected chi connectivity index (χ3v) is 2.47. The van der Waals surface area contributed by atoms with E-state index in [2.05, 4.69) is 15.1 Å². The van der Waals surface area contributed by atoms with Crippen LogP contribution in [-0.2, 0) is 0 Å². The van der Waals surface area contributed by atoms with Crippen LogP contribution in [0.2, 0.25) is 0 Å². The van der Waals surface area contributed by atoms with Gasteiger partial charge in [-0.3, -0.25) is 0 Å². The number of aromatic nitrogens is 4. The molecule has 17 heavy (non-hydrogen) atoms. The molecule has 0 amide bonds. The van der Waals surface area contributed by atoms with E-state index in [4.69, 9.17) is 5.11 Å². The number of hydrogen-bond donors (Lipinski definition) is 2. The second-order valence-corrected chi connectivity index (χ2v) is 3.53. The van der Waals surface area contributed by atoms with E-state index in [9.17, 15) is 4.79 Å². The number of nitrogens with zero attached hydrogens (tertiary/aromatic N) is 3. The molecular formula is C11H8N4O2. The van der Waals surface area contributed by atoms with Crippen molar-refractivity contribution in [2.75, 3.05) is 0 Å². The number of rotatable bonds is 2. The number of H-pyrrole nitrogens is 1. The van der Waals surface area contributed by atoms with Gasteiger partial charge in [0.15, 0.2) is 11.3 Å². The fourth-order valence-corrected chi connectivity index (χ4v) is 1.71. The Hall–Kier alpha value is -2.63. The van der Waals surface area contributed by atoms with Gasteiger partial charge in [-0.15, -0.1) is 0 Å². The molecule has 3 rings (SSSR count). The molecule has 0 spiro atoms. The highest BCUT2D eigenvalue weighted by Gasteiger charge is 2.12. The number of hydrogen-bond acceptors (Lipinski definition) is 3. The van der Waals surface area contributed by atoms with Crippen LogP contribution >= 0.6 is 0 Å². The van der Waals surface area contributed by atoms with E-state index in [1.54, 1.807) is 29.2 Å².